The highest BCUT2D eigenvalue weighted by atomic mass is 16.5. The van der Waals surface area contributed by atoms with Crippen molar-refractivity contribution in [2.24, 2.45) is 5.92 Å². The van der Waals surface area contributed by atoms with Gasteiger partial charge in [-0.1, -0.05) is 6.92 Å². The molecule has 3 nitrogen and oxygen atoms in total. The van der Waals surface area contributed by atoms with Gasteiger partial charge in [0, 0.05) is 26.4 Å². The van der Waals surface area contributed by atoms with Crippen LogP contribution in [0.25, 0.3) is 0 Å². The van der Waals surface area contributed by atoms with Crippen LogP contribution in [0.1, 0.15) is 46.5 Å². The van der Waals surface area contributed by atoms with Gasteiger partial charge in [-0.15, -0.1) is 0 Å². The quantitative estimate of drug-likeness (QED) is 0.711. The molecule has 3 heteroatoms. The minimum Gasteiger partial charge on any atom is -0.381 e. The molecule has 0 amide bonds. The van der Waals surface area contributed by atoms with Crippen LogP contribution in [0.5, 0.6) is 0 Å². The number of nitrogens with one attached hydrogen (secondary N) is 1. The summed E-state index contributed by atoms with van der Waals surface area (Å²) in [5.41, 5.74) is -0.000151. The van der Waals surface area contributed by atoms with Crippen molar-refractivity contribution < 1.29 is 9.47 Å². The van der Waals surface area contributed by atoms with E-state index in [1.165, 1.54) is 19.3 Å². The maximum Gasteiger partial charge on any atom is 0.0623 e. The molecule has 2 atom stereocenters. The molecule has 17 heavy (non-hydrogen) atoms. The summed E-state index contributed by atoms with van der Waals surface area (Å²) < 4.78 is 10.9. The number of rotatable bonds is 8. The van der Waals surface area contributed by atoms with Crippen molar-refractivity contribution >= 4 is 0 Å². The van der Waals surface area contributed by atoms with E-state index in [4.69, 9.17) is 9.47 Å². The number of hydrogen-bond acceptors (Lipinski definition) is 3. The third-order valence-corrected chi connectivity index (χ3v) is 3.78. The Kier molecular flexibility index (Phi) is 6.45. The fourth-order valence-electron chi connectivity index (χ4n) is 2.39. The average molecular weight is 243 g/mol. The van der Waals surface area contributed by atoms with Crippen LogP contribution in [0.3, 0.4) is 0 Å². The summed E-state index contributed by atoms with van der Waals surface area (Å²) in [7, 11) is 1.80. The Labute approximate surface area is 106 Å². The lowest BCUT2D eigenvalue weighted by Crippen LogP contribution is -2.34. The molecule has 0 aliphatic carbocycles. The topological polar surface area (TPSA) is 30.5 Å². The van der Waals surface area contributed by atoms with E-state index in [2.05, 4.69) is 26.1 Å². The lowest BCUT2D eigenvalue weighted by atomic mass is 9.92. The van der Waals surface area contributed by atoms with E-state index in [1.54, 1.807) is 7.11 Å². The Bertz CT molecular complexity index is 200. The van der Waals surface area contributed by atoms with Crippen LogP contribution in [-0.4, -0.2) is 38.5 Å². The van der Waals surface area contributed by atoms with Gasteiger partial charge in [0.15, 0.2) is 0 Å². The zero-order chi connectivity index (χ0) is 12.7. The molecule has 0 aromatic heterocycles. The van der Waals surface area contributed by atoms with Gasteiger partial charge in [-0.3, -0.25) is 0 Å². The molecule has 0 spiro atoms. The summed E-state index contributed by atoms with van der Waals surface area (Å²) in [6, 6.07) is 0.612. The molecule has 1 saturated heterocycles. The van der Waals surface area contributed by atoms with E-state index in [1.807, 2.05) is 0 Å². The molecule has 0 aromatic rings. The van der Waals surface area contributed by atoms with E-state index in [0.717, 1.165) is 32.1 Å². The fourth-order valence-corrected chi connectivity index (χ4v) is 2.39. The Morgan fingerprint density at radius 2 is 2.24 bits per heavy atom. The summed E-state index contributed by atoms with van der Waals surface area (Å²) in [5.74, 6) is 0.754. The Morgan fingerprint density at radius 3 is 2.76 bits per heavy atom. The lowest BCUT2D eigenvalue weighted by Gasteiger charge is -2.27. The first-order valence-electron chi connectivity index (χ1n) is 6.93. The van der Waals surface area contributed by atoms with Crippen LogP contribution < -0.4 is 5.32 Å². The highest BCUT2D eigenvalue weighted by molar-refractivity contribution is 4.78. The van der Waals surface area contributed by atoms with Crippen LogP contribution in [0.15, 0.2) is 0 Å². The predicted molar refractivity (Wildman–Crippen MR) is 71.3 cm³/mol. The number of ether oxygens (including phenoxy) is 2. The van der Waals surface area contributed by atoms with Gasteiger partial charge in [0.25, 0.3) is 0 Å². The van der Waals surface area contributed by atoms with Crippen LogP contribution in [0, 0.1) is 5.92 Å². The number of methoxy groups -OCH3 is 1. The fraction of sp³-hybridized carbons (Fsp3) is 1.00. The molecule has 1 heterocycles. The minimum atomic E-state index is -0.000151. The molecular formula is C14H29NO2. The molecular weight excluding hydrogens is 214 g/mol. The Hall–Kier alpha value is -0.120. The summed E-state index contributed by atoms with van der Waals surface area (Å²) in [5, 5.41) is 3.60. The zero-order valence-electron chi connectivity index (χ0n) is 11.9. The standard InChI is InChI=1S/C14H29NO2/c1-5-15-13(6-8-14(2,3)16-4)10-12-7-9-17-11-12/h12-13,15H,5-11H2,1-4H3. The predicted octanol–water partition coefficient (Wildman–Crippen LogP) is 2.60. The average Bonchev–Trinajstić information content (AvgIpc) is 2.79. The first kappa shape index (κ1) is 14.9. The molecule has 1 aliphatic rings. The second-order valence-corrected chi connectivity index (χ2v) is 5.72. The van der Waals surface area contributed by atoms with E-state index in [9.17, 15) is 0 Å². The Morgan fingerprint density at radius 1 is 1.47 bits per heavy atom. The van der Waals surface area contributed by atoms with Crippen molar-refractivity contribution in [3.63, 3.8) is 0 Å². The summed E-state index contributed by atoms with van der Waals surface area (Å²) in [4.78, 5) is 0. The van der Waals surface area contributed by atoms with E-state index in [0.29, 0.717) is 6.04 Å². The van der Waals surface area contributed by atoms with Gasteiger partial charge >= 0.3 is 0 Å². The van der Waals surface area contributed by atoms with Gasteiger partial charge in [-0.25, -0.2) is 0 Å². The van der Waals surface area contributed by atoms with Crippen LogP contribution >= 0.6 is 0 Å². The normalized spacial score (nSPS) is 22.9. The van der Waals surface area contributed by atoms with Crippen molar-refractivity contribution in [2.45, 2.75) is 58.1 Å². The molecule has 1 fully saturated rings. The van der Waals surface area contributed by atoms with Gasteiger partial charge < -0.3 is 14.8 Å². The highest BCUT2D eigenvalue weighted by Crippen LogP contribution is 2.23. The molecule has 2 unspecified atom stereocenters. The van der Waals surface area contributed by atoms with Crippen molar-refractivity contribution in [1.29, 1.82) is 0 Å². The maximum atomic E-state index is 5.48. The summed E-state index contributed by atoms with van der Waals surface area (Å²) in [6.45, 7) is 9.46. The van der Waals surface area contributed by atoms with Gasteiger partial charge in [-0.2, -0.15) is 0 Å². The third kappa shape index (κ3) is 5.84. The maximum absolute atomic E-state index is 5.48. The van der Waals surface area contributed by atoms with Crippen LogP contribution in [-0.2, 0) is 9.47 Å². The van der Waals surface area contributed by atoms with E-state index >= 15 is 0 Å². The van der Waals surface area contributed by atoms with Gasteiger partial charge in [0.2, 0.25) is 0 Å². The summed E-state index contributed by atoms with van der Waals surface area (Å²) >= 11 is 0. The van der Waals surface area contributed by atoms with E-state index in [-0.39, 0.29) is 5.60 Å². The molecule has 0 bridgehead atoms. The van der Waals surface area contributed by atoms with Crippen molar-refractivity contribution in [1.82, 2.24) is 5.32 Å². The van der Waals surface area contributed by atoms with Crippen LogP contribution in [0.4, 0.5) is 0 Å². The van der Waals surface area contributed by atoms with Crippen molar-refractivity contribution in [3.8, 4) is 0 Å². The monoisotopic (exact) mass is 243 g/mol. The smallest absolute Gasteiger partial charge is 0.0623 e. The third-order valence-electron chi connectivity index (χ3n) is 3.78. The van der Waals surface area contributed by atoms with Gasteiger partial charge in [-0.05, 0) is 52.0 Å². The van der Waals surface area contributed by atoms with Crippen molar-refractivity contribution in [3.05, 3.63) is 0 Å². The minimum absolute atomic E-state index is 0.000151. The molecule has 102 valence electrons. The lowest BCUT2D eigenvalue weighted by molar-refractivity contribution is 0.0111. The molecule has 0 radical (unpaired) electrons. The second kappa shape index (κ2) is 7.34. The SMILES string of the molecule is CCNC(CCC(C)(C)OC)CC1CCOC1. The summed E-state index contributed by atoms with van der Waals surface area (Å²) in [6.07, 6.45) is 4.77. The molecule has 0 saturated carbocycles. The first-order valence-corrected chi connectivity index (χ1v) is 6.93. The van der Waals surface area contributed by atoms with Gasteiger partial charge in [0.05, 0.1) is 5.60 Å². The largest absolute Gasteiger partial charge is 0.381 e. The van der Waals surface area contributed by atoms with E-state index < -0.39 is 0 Å². The molecule has 1 aliphatic heterocycles. The Balaban J connectivity index is 2.31. The van der Waals surface area contributed by atoms with Crippen molar-refractivity contribution in [2.75, 3.05) is 26.9 Å². The molecule has 0 aromatic carbocycles. The van der Waals surface area contributed by atoms with Crippen LogP contribution in [0.2, 0.25) is 0 Å². The molecule has 1 N–H and O–H groups in total. The molecule has 1 rings (SSSR count). The highest BCUT2D eigenvalue weighted by Gasteiger charge is 2.23. The zero-order valence-corrected chi connectivity index (χ0v) is 11.9. The number of hydrogen-bond donors (Lipinski definition) is 1. The first-order chi connectivity index (χ1) is 8.07. The van der Waals surface area contributed by atoms with Gasteiger partial charge in [0.1, 0.15) is 0 Å². The second-order valence-electron chi connectivity index (χ2n) is 5.72.